The van der Waals surface area contributed by atoms with Crippen molar-refractivity contribution in [2.45, 2.75) is 123 Å². The van der Waals surface area contributed by atoms with Crippen molar-refractivity contribution >= 4 is 11.6 Å². The van der Waals surface area contributed by atoms with E-state index in [1.165, 1.54) is 0 Å². The molecular weight excluding hydrogens is 356 g/mol. The van der Waals surface area contributed by atoms with Crippen molar-refractivity contribution in [1.82, 2.24) is 0 Å². The number of unbranched alkanes of at least 4 members (excludes halogenated alkanes) is 4. The van der Waals surface area contributed by atoms with Crippen LogP contribution in [0.4, 0.5) is 0 Å². The Labute approximate surface area is 171 Å². The molecule has 1 fully saturated rings. The standard InChI is InChI=1S/C23H42O5/c1-5-9-11-17-26-22(19(24)13-7-3)20-15-16-23(28-20,21(25)14-8-4)27-18-12-10-6-2/h20,22H,5-18H2,1-4H3. The summed E-state index contributed by atoms with van der Waals surface area (Å²) in [6.45, 7) is 9.33. The van der Waals surface area contributed by atoms with Crippen LogP contribution in [0.25, 0.3) is 0 Å². The van der Waals surface area contributed by atoms with Crippen LogP contribution in [0.2, 0.25) is 0 Å². The van der Waals surface area contributed by atoms with Gasteiger partial charge >= 0.3 is 0 Å². The average molecular weight is 399 g/mol. The number of rotatable bonds is 17. The van der Waals surface area contributed by atoms with Crippen molar-refractivity contribution in [3.8, 4) is 0 Å². The predicted octanol–water partition coefficient (Wildman–Crippen LogP) is 5.38. The molecular formula is C23H42O5. The largest absolute Gasteiger partial charge is 0.368 e. The van der Waals surface area contributed by atoms with Gasteiger partial charge < -0.3 is 14.2 Å². The fourth-order valence-electron chi connectivity index (χ4n) is 3.66. The summed E-state index contributed by atoms with van der Waals surface area (Å²) >= 11 is 0. The Kier molecular flexibility index (Phi) is 12.8. The van der Waals surface area contributed by atoms with Gasteiger partial charge in [-0.05, 0) is 32.1 Å². The molecule has 0 aliphatic carbocycles. The minimum absolute atomic E-state index is 0.00155. The molecule has 1 heterocycles. The van der Waals surface area contributed by atoms with E-state index in [1.807, 2.05) is 13.8 Å². The lowest BCUT2D eigenvalue weighted by Gasteiger charge is -2.30. The molecule has 1 aliphatic rings. The van der Waals surface area contributed by atoms with E-state index in [0.29, 0.717) is 38.9 Å². The molecule has 1 rings (SSSR count). The maximum Gasteiger partial charge on any atom is 0.229 e. The number of hydrogen-bond donors (Lipinski definition) is 0. The first-order valence-electron chi connectivity index (χ1n) is 11.5. The Balaban J connectivity index is 2.82. The summed E-state index contributed by atoms with van der Waals surface area (Å²) in [6, 6.07) is 0. The first kappa shape index (κ1) is 25.3. The summed E-state index contributed by atoms with van der Waals surface area (Å²) in [5, 5.41) is 0. The highest BCUT2D eigenvalue weighted by atomic mass is 16.7. The fraction of sp³-hybridized carbons (Fsp3) is 0.913. The Bertz CT molecular complexity index is 450. The minimum Gasteiger partial charge on any atom is -0.368 e. The average Bonchev–Trinajstić information content (AvgIpc) is 3.11. The highest BCUT2D eigenvalue weighted by molar-refractivity contribution is 5.87. The molecule has 0 saturated carbocycles. The van der Waals surface area contributed by atoms with E-state index in [1.54, 1.807) is 0 Å². The van der Waals surface area contributed by atoms with Gasteiger partial charge in [0.1, 0.15) is 6.10 Å². The van der Waals surface area contributed by atoms with Gasteiger partial charge in [0.15, 0.2) is 11.6 Å². The van der Waals surface area contributed by atoms with E-state index in [0.717, 1.165) is 51.4 Å². The van der Waals surface area contributed by atoms with Crippen LogP contribution in [0.15, 0.2) is 0 Å². The zero-order valence-electron chi connectivity index (χ0n) is 18.6. The molecule has 3 unspecified atom stereocenters. The molecule has 0 aromatic carbocycles. The minimum atomic E-state index is -1.19. The Hall–Kier alpha value is -0.780. The van der Waals surface area contributed by atoms with Crippen molar-refractivity contribution in [3.05, 3.63) is 0 Å². The molecule has 0 aromatic heterocycles. The molecule has 28 heavy (non-hydrogen) atoms. The van der Waals surface area contributed by atoms with Gasteiger partial charge in [-0.2, -0.15) is 0 Å². The van der Waals surface area contributed by atoms with Gasteiger partial charge in [-0.1, -0.05) is 53.4 Å². The predicted molar refractivity (Wildman–Crippen MR) is 111 cm³/mol. The molecule has 164 valence electrons. The van der Waals surface area contributed by atoms with Crippen LogP contribution in [-0.2, 0) is 23.8 Å². The van der Waals surface area contributed by atoms with Gasteiger partial charge in [0.2, 0.25) is 5.79 Å². The lowest BCUT2D eigenvalue weighted by atomic mass is 10.00. The molecule has 1 aliphatic heterocycles. The summed E-state index contributed by atoms with van der Waals surface area (Å²) in [6.07, 6.45) is 8.82. The lowest BCUT2D eigenvalue weighted by Crippen LogP contribution is -2.45. The zero-order chi connectivity index (χ0) is 20.8. The van der Waals surface area contributed by atoms with Crippen LogP contribution in [0.5, 0.6) is 0 Å². The molecule has 0 bridgehead atoms. The number of ketones is 2. The second kappa shape index (κ2) is 14.2. The van der Waals surface area contributed by atoms with Crippen molar-refractivity contribution in [1.29, 1.82) is 0 Å². The van der Waals surface area contributed by atoms with Gasteiger partial charge in [-0.15, -0.1) is 0 Å². The van der Waals surface area contributed by atoms with Gasteiger partial charge in [0.05, 0.1) is 12.7 Å². The number of hydrogen-bond acceptors (Lipinski definition) is 5. The number of Topliss-reactive ketones (excluding diaryl/α,β-unsaturated/α-hetero) is 2. The van der Waals surface area contributed by atoms with Crippen LogP contribution in [-0.4, -0.2) is 42.8 Å². The van der Waals surface area contributed by atoms with E-state index >= 15 is 0 Å². The third-order valence-electron chi connectivity index (χ3n) is 5.28. The summed E-state index contributed by atoms with van der Waals surface area (Å²) in [7, 11) is 0. The number of ether oxygens (including phenoxy) is 3. The first-order chi connectivity index (χ1) is 13.5. The molecule has 0 spiro atoms. The van der Waals surface area contributed by atoms with Gasteiger partial charge in [-0.25, -0.2) is 0 Å². The van der Waals surface area contributed by atoms with Crippen LogP contribution >= 0.6 is 0 Å². The molecule has 5 nitrogen and oxygen atoms in total. The maximum absolute atomic E-state index is 12.8. The quantitative estimate of drug-likeness (QED) is 0.308. The molecule has 0 aromatic rings. The third kappa shape index (κ3) is 7.92. The van der Waals surface area contributed by atoms with Crippen LogP contribution < -0.4 is 0 Å². The lowest BCUT2D eigenvalue weighted by molar-refractivity contribution is -0.232. The van der Waals surface area contributed by atoms with Crippen LogP contribution in [0, 0.1) is 0 Å². The van der Waals surface area contributed by atoms with Gasteiger partial charge in [0.25, 0.3) is 0 Å². The Morgan fingerprint density at radius 2 is 1.57 bits per heavy atom. The van der Waals surface area contributed by atoms with Gasteiger partial charge in [-0.3, -0.25) is 9.59 Å². The highest BCUT2D eigenvalue weighted by Crippen LogP contribution is 2.36. The van der Waals surface area contributed by atoms with Crippen molar-refractivity contribution in [2.75, 3.05) is 13.2 Å². The van der Waals surface area contributed by atoms with Crippen molar-refractivity contribution < 1.29 is 23.8 Å². The highest BCUT2D eigenvalue weighted by Gasteiger charge is 2.50. The monoisotopic (exact) mass is 398 g/mol. The summed E-state index contributed by atoms with van der Waals surface area (Å²) in [5.74, 6) is -1.11. The fourth-order valence-corrected chi connectivity index (χ4v) is 3.66. The normalized spacial score (nSPS) is 23.1. The van der Waals surface area contributed by atoms with E-state index < -0.39 is 18.0 Å². The first-order valence-corrected chi connectivity index (χ1v) is 11.5. The summed E-state index contributed by atoms with van der Waals surface area (Å²) < 4.78 is 18.2. The van der Waals surface area contributed by atoms with Crippen molar-refractivity contribution in [3.63, 3.8) is 0 Å². The van der Waals surface area contributed by atoms with Gasteiger partial charge in [0, 0.05) is 25.9 Å². The Morgan fingerprint density at radius 3 is 2.18 bits per heavy atom. The SMILES string of the molecule is CCCCCOC(C(=O)CCC)C1CCC(OCCCCC)(C(=O)CCC)O1. The van der Waals surface area contributed by atoms with E-state index in [9.17, 15) is 9.59 Å². The van der Waals surface area contributed by atoms with E-state index in [2.05, 4.69) is 13.8 Å². The van der Waals surface area contributed by atoms with E-state index in [4.69, 9.17) is 14.2 Å². The smallest absolute Gasteiger partial charge is 0.229 e. The maximum atomic E-state index is 12.8. The molecule has 5 heteroatoms. The van der Waals surface area contributed by atoms with Crippen molar-refractivity contribution in [2.24, 2.45) is 0 Å². The second-order valence-corrected chi connectivity index (χ2v) is 7.89. The summed E-state index contributed by atoms with van der Waals surface area (Å²) in [4.78, 5) is 25.5. The Morgan fingerprint density at radius 1 is 0.929 bits per heavy atom. The molecule has 0 radical (unpaired) electrons. The molecule has 3 atom stereocenters. The zero-order valence-corrected chi connectivity index (χ0v) is 18.6. The van der Waals surface area contributed by atoms with Crippen LogP contribution in [0.1, 0.15) is 105 Å². The molecule has 1 saturated heterocycles. The number of carbonyl (C=O) groups excluding carboxylic acids is 2. The summed E-state index contributed by atoms with van der Waals surface area (Å²) in [5.41, 5.74) is 0. The number of carbonyl (C=O) groups is 2. The molecule has 0 amide bonds. The third-order valence-corrected chi connectivity index (χ3v) is 5.28. The topological polar surface area (TPSA) is 61.8 Å². The second-order valence-electron chi connectivity index (χ2n) is 7.89. The van der Waals surface area contributed by atoms with Crippen LogP contribution in [0.3, 0.4) is 0 Å². The van der Waals surface area contributed by atoms with E-state index in [-0.39, 0.29) is 11.6 Å². The molecule has 0 N–H and O–H groups in total.